The van der Waals surface area contributed by atoms with Gasteiger partial charge in [0, 0.05) is 25.7 Å². The Bertz CT molecular complexity index is 1140. The van der Waals surface area contributed by atoms with Gasteiger partial charge in [0.15, 0.2) is 0 Å². The number of amides is 2. The molecule has 0 atom stereocenters. The van der Waals surface area contributed by atoms with Crippen molar-refractivity contribution in [2.24, 2.45) is 0 Å². The first-order chi connectivity index (χ1) is 15.9. The Balaban J connectivity index is 1.31. The van der Waals surface area contributed by atoms with Gasteiger partial charge in [-0.1, -0.05) is 41.9 Å². The molecule has 0 bridgehead atoms. The first kappa shape index (κ1) is 23.4. The molecule has 172 valence electrons. The smallest absolute Gasteiger partial charge is 0.261 e. The molecule has 1 aromatic heterocycles. The third-order valence-electron chi connectivity index (χ3n) is 5.71. The SMILES string of the molecule is Cc1cc(NC(=O)c2ccc(F)cc2Cl)sc1C(=O)NC1CCN(Cc2ccccc2)CC1. The second-order valence-corrected chi connectivity index (χ2v) is 9.67. The van der Waals surface area contributed by atoms with Gasteiger partial charge in [0.2, 0.25) is 0 Å². The van der Waals surface area contributed by atoms with Crippen LogP contribution in [-0.2, 0) is 6.54 Å². The summed E-state index contributed by atoms with van der Waals surface area (Å²) < 4.78 is 13.2. The number of carbonyl (C=O) groups excluding carboxylic acids is 2. The first-order valence-electron chi connectivity index (χ1n) is 10.8. The van der Waals surface area contributed by atoms with Crippen LogP contribution in [0.2, 0.25) is 5.02 Å². The summed E-state index contributed by atoms with van der Waals surface area (Å²) in [4.78, 5) is 28.4. The van der Waals surface area contributed by atoms with E-state index in [1.807, 2.05) is 13.0 Å². The molecule has 0 aliphatic carbocycles. The van der Waals surface area contributed by atoms with Crippen LogP contribution in [0.25, 0.3) is 0 Å². The van der Waals surface area contributed by atoms with Crippen LogP contribution in [0.5, 0.6) is 0 Å². The number of halogens is 2. The van der Waals surface area contributed by atoms with E-state index in [1.54, 1.807) is 6.07 Å². The van der Waals surface area contributed by atoms with Gasteiger partial charge in [-0.3, -0.25) is 14.5 Å². The van der Waals surface area contributed by atoms with Crippen LogP contribution in [0.4, 0.5) is 9.39 Å². The minimum absolute atomic E-state index is 0.0392. The van der Waals surface area contributed by atoms with Gasteiger partial charge in [-0.15, -0.1) is 11.3 Å². The number of aryl methyl sites for hydroxylation is 1. The number of benzene rings is 2. The van der Waals surface area contributed by atoms with Crippen molar-refractivity contribution in [2.75, 3.05) is 18.4 Å². The zero-order chi connectivity index (χ0) is 23.4. The molecular formula is C25H25ClFN3O2S. The number of hydrogen-bond donors (Lipinski definition) is 2. The number of hydrogen-bond acceptors (Lipinski definition) is 4. The summed E-state index contributed by atoms with van der Waals surface area (Å²) in [5.74, 6) is -1.08. The Hall–Kier alpha value is -2.74. The monoisotopic (exact) mass is 485 g/mol. The summed E-state index contributed by atoms with van der Waals surface area (Å²) in [5, 5.41) is 6.48. The predicted octanol–water partition coefficient (Wildman–Crippen LogP) is 5.50. The zero-order valence-corrected chi connectivity index (χ0v) is 19.8. The highest BCUT2D eigenvalue weighted by Crippen LogP contribution is 2.28. The number of rotatable bonds is 6. The Labute approximate surface area is 201 Å². The van der Waals surface area contributed by atoms with Crippen LogP contribution in [-0.4, -0.2) is 35.8 Å². The summed E-state index contributed by atoms with van der Waals surface area (Å²) >= 11 is 7.20. The lowest BCUT2D eigenvalue weighted by molar-refractivity contribution is 0.0912. The van der Waals surface area contributed by atoms with E-state index in [2.05, 4.69) is 39.8 Å². The highest BCUT2D eigenvalue weighted by Gasteiger charge is 2.23. The molecule has 5 nitrogen and oxygen atoms in total. The zero-order valence-electron chi connectivity index (χ0n) is 18.2. The number of anilines is 1. The van der Waals surface area contributed by atoms with Crippen molar-refractivity contribution in [3.63, 3.8) is 0 Å². The Morgan fingerprint density at radius 2 is 1.82 bits per heavy atom. The van der Waals surface area contributed by atoms with Gasteiger partial charge in [0.05, 0.1) is 20.5 Å². The van der Waals surface area contributed by atoms with Crippen LogP contribution in [0.3, 0.4) is 0 Å². The van der Waals surface area contributed by atoms with Crippen LogP contribution < -0.4 is 10.6 Å². The highest BCUT2D eigenvalue weighted by molar-refractivity contribution is 7.18. The second kappa shape index (κ2) is 10.5. The molecule has 1 aliphatic heterocycles. The van der Waals surface area contributed by atoms with Crippen molar-refractivity contribution < 1.29 is 14.0 Å². The van der Waals surface area contributed by atoms with E-state index < -0.39 is 11.7 Å². The van der Waals surface area contributed by atoms with E-state index in [0.717, 1.165) is 44.1 Å². The van der Waals surface area contributed by atoms with Gasteiger partial charge in [-0.25, -0.2) is 4.39 Å². The molecule has 0 spiro atoms. The van der Waals surface area contributed by atoms with Crippen molar-refractivity contribution >= 4 is 39.8 Å². The maximum Gasteiger partial charge on any atom is 0.261 e. The third kappa shape index (κ3) is 5.99. The lowest BCUT2D eigenvalue weighted by Gasteiger charge is -2.32. The lowest BCUT2D eigenvalue weighted by atomic mass is 10.0. The maximum absolute atomic E-state index is 13.2. The fourth-order valence-corrected chi connectivity index (χ4v) is 5.17. The maximum atomic E-state index is 13.2. The fourth-order valence-electron chi connectivity index (χ4n) is 3.95. The molecule has 0 unspecified atom stereocenters. The van der Waals surface area contributed by atoms with Gasteiger partial charge in [-0.05, 0) is 55.2 Å². The topological polar surface area (TPSA) is 61.4 Å². The average Bonchev–Trinajstić information content (AvgIpc) is 3.15. The van der Waals surface area contributed by atoms with Gasteiger partial charge in [-0.2, -0.15) is 0 Å². The second-order valence-electron chi connectivity index (χ2n) is 8.21. The molecule has 1 fully saturated rings. The number of carbonyl (C=O) groups is 2. The number of piperidine rings is 1. The van der Waals surface area contributed by atoms with E-state index in [1.165, 1.54) is 29.0 Å². The van der Waals surface area contributed by atoms with Crippen LogP contribution in [0, 0.1) is 12.7 Å². The molecule has 1 saturated heterocycles. The number of nitrogens with zero attached hydrogens (tertiary/aromatic N) is 1. The normalized spacial score (nSPS) is 14.8. The van der Waals surface area contributed by atoms with Crippen molar-refractivity contribution in [1.82, 2.24) is 10.2 Å². The lowest BCUT2D eigenvalue weighted by Crippen LogP contribution is -2.44. The molecule has 33 heavy (non-hydrogen) atoms. The van der Waals surface area contributed by atoms with E-state index in [-0.39, 0.29) is 22.5 Å². The molecule has 2 aromatic carbocycles. The quantitative estimate of drug-likeness (QED) is 0.485. The molecule has 8 heteroatoms. The third-order valence-corrected chi connectivity index (χ3v) is 7.17. The van der Waals surface area contributed by atoms with Crippen molar-refractivity contribution in [3.05, 3.63) is 87.0 Å². The van der Waals surface area contributed by atoms with Gasteiger partial charge < -0.3 is 10.6 Å². The van der Waals surface area contributed by atoms with Crippen LogP contribution >= 0.6 is 22.9 Å². The van der Waals surface area contributed by atoms with E-state index >= 15 is 0 Å². The molecule has 4 rings (SSSR count). The van der Waals surface area contributed by atoms with Crippen LogP contribution in [0.1, 0.15) is 44.0 Å². The molecule has 0 radical (unpaired) electrons. The van der Waals surface area contributed by atoms with Crippen molar-refractivity contribution in [3.8, 4) is 0 Å². The summed E-state index contributed by atoms with van der Waals surface area (Å²) in [6.45, 7) is 4.63. The summed E-state index contributed by atoms with van der Waals surface area (Å²) in [7, 11) is 0. The molecule has 0 saturated carbocycles. The molecule has 2 N–H and O–H groups in total. The van der Waals surface area contributed by atoms with Gasteiger partial charge >= 0.3 is 0 Å². The number of thiophene rings is 1. The van der Waals surface area contributed by atoms with Crippen molar-refractivity contribution in [2.45, 2.75) is 32.4 Å². The fraction of sp³-hybridized carbons (Fsp3) is 0.280. The summed E-state index contributed by atoms with van der Waals surface area (Å²) in [5.41, 5.74) is 2.27. The number of likely N-dealkylation sites (tertiary alicyclic amines) is 1. The largest absolute Gasteiger partial charge is 0.349 e. The van der Waals surface area contributed by atoms with Crippen molar-refractivity contribution in [1.29, 1.82) is 0 Å². The Kier molecular flexibility index (Phi) is 7.42. The minimum Gasteiger partial charge on any atom is -0.349 e. The minimum atomic E-state index is -0.506. The standard InChI is InChI=1S/C25H25ClFN3O2S/c1-16-13-22(29-24(31)20-8-7-18(27)14-21(20)26)33-23(16)25(32)28-19-9-11-30(12-10-19)15-17-5-3-2-4-6-17/h2-8,13-14,19H,9-12,15H2,1H3,(H,28,32)(H,29,31). The molecular weight excluding hydrogens is 461 g/mol. The Morgan fingerprint density at radius 1 is 1.09 bits per heavy atom. The molecule has 3 aromatic rings. The predicted molar refractivity (Wildman–Crippen MR) is 131 cm³/mol. The van der Waals surface area contributed by atoms with E-state index in [0.29, 0.717) is 9.88 Å². The van der Waals surface area contributed by atoms with Gasteiger partial charge in [0.25, 0.3) is 11.8 Å². The average molecular weight is 486 g/mol. The summed E-state index contributed by atoms with van der Waals surface area (Å²) in [6, 6.07) is 15.9. The van der Waals surface area contributed by atoms with Gasteiger partial charge in [0.1, 0.15) is 5.82 Å². The molecule has 2 amide bonds. The molecule has 2 heterocycles. The molecule has 1 aliphatic rings. The van der Waals surface area contributed by atoms with E-state index in [9.17, 15) is 14.0 Å². The summed E-state index contributed by atoms with van der Waals surface area (Å²) in [6.07, 6.45) is 1.80. The number of nitrogens with one attached hydrogen (secondary N) is 2. The highest BCUT2D eigenvalue weighted by atomic mass is 35.5. The van der Waals surface area contributed by atoms with E-state index in [4.69, 9.17) is 11.6 Å². The first-order valence-corrected chi connectivity index (χ1v) is 12.0. The van der Waals surface area contributed by atoms with Crippen LogP contribution in [0.15, 0.2) is 54.6 Å². The Morgan fingerprint density at radius 3 is 2.52 bits per heavy atom.